The molecule has 5 N–H and O–H groups in total. The highest BCUT2D eigenvalue weighted by Crippen LogP contribution is 2.36. The Labute approximate surface area is 152 Å². The van der Waals surface area contributed by atoms with Gasteiger partial charge in [0.05, 0.1) is 6.61 Å². The van der Waals surface area contributed by atoms with Crippen molar-refractivity contribution in [3.05, 3.63) is 35.6 Å². The van der Waals surface area contributed by atoms with E-state index >= 15 is 0 Å². The Morgan fingerprint density at radius 1 is 1.15 bits per heavy atom. The molecule has 0 bridgehead atoms. The van der Waals surface area contributed by atoms with Gasteiger partial charge in [0.1, 0.15) is 30.5 Å². The van der Waals surface area contributed by atoms with Gasteiger partial charge in [-0.2, -0.15) is 0 Å². The van der Waals surface area contributed by atoms with E-state index in [1.54, 1.807) is 28.8 Å². The first kappa shape index (κ1) is 17.1. The van der Waals surface area contributed by atoms with Crippen LogP contribution in [0.3, 0.4) is 0 Å². The van der Waals surface area contributed by atoms with Gasteiger partial charge in [0.25, 0.3) is 0 Å². The molecule has 136 valence electrons. The van der Waals surface area contributed by atoms with Gasteiger partial charge in [-0.15, -0.1) is 0 Å². The highest BCUT2D eigenvalue weighted by atomic mass is 35.5. The molecule has 9 nitrogen and oxygen atoms in total. The number of benzene rings is 1. The lowest BCUT2D eigenvalue weighted by Gasteiger charge is -2.19. The molecule has 1 aliphatic heterocycles. The fraction of sp³-hybridized carbons (Fsp3) is 0.312. The third-order valence-electron chi connectivity index (χ3n) is 4.38. The van der Waals surface area contributed by atoms with Crippen molar-refractivity contribution in [2.75, 3.05) is 12.3 Å². The van der Waals surface area contributed by atoms with E-state index in [0.717, 1.165) is 0 Å². The Hall–Kier alpha value is -2.30. The Bertz CT molecular complexity index is 948. The van der Waals surface area contributed by atoms with Crippen molar-refractivity contribution in [3.8, 4) is 11.4 Å². The van der Waals surface area contributed by atoms with Gasteiger partial charge in [-0.05, 0) is 24.3 Å². The first-order valence-electron chi connectivity index (χ1n) is 7.88. The van der Waals surface area contributed by atoms with Crippen LogP contribution in [-0.2, 0) is 4.74 Å². The SMILES string of the molecule is Nc1ncnc2c1nc(-c1ccc(Cl)cc1)n2[C@@H]1O[C@H](CO)[C@@H](O)[C@H]1O. The topological polar surface area (TPSA) is 140 Å². The monoisotopic (exact) mass is 377 g/mol. The third kappa shape index (κ3) is 2.61. The molecular formula is C16H16ClN5O4. The molecule has 1 saturated heterocycles. The summed E-state index contributed by atoms with van der Waals surface area (Å²) in [5.41, 5.74) is 7.29. The molecule has 3 heterocycles. The van der Waals surface area contributed by atoms with Crippen LogP contribution in [0, 0.1) is 0 Å². The number of imidazole rings is 1. The lowest BCUT2D eigenvalue weighted by Crippen LogP contribution is -2.33. The third-order valence-corrected chi connectivity index (χ3v) is 4.63. The van der Waals surface area contributed by atoms with E-state index in [0.29, 0.717) is 27.6 Å². The molecule has 1 aromatic carbocycles. The summed E-state index contributed by atoms with van der Waals surface area (Å²) in [7, 11) is 0. The fourth-order valence-electron chi connectivity index (χ4n) is 3.06. The molecule has 2 aromatic heterocycles. The number of hydrogen-bond acceptors (Lipinski definition) is 8. The first-order valence-corrected chi connectivity index (χ1v) is 8.26. The van der Waals surface area contributed by atoms with Crippen LogP contribution in [0.1, 0.15) is 6.23 Å². The Kier molecular flexibility index (Phi) is 4.25. The number of nitrogens with zero attached hydrogens (tertiary/aromatic N) is 4. The van der Waals surface area contributed by atoms with Crippen LogP contribution < -0.4 is 5.73 Å². The molecule has 0 saturated carbocycles. The minimum Gasteiger partial charge on any atom is -0.394 e. The van der Waals surface area contributed by atoms with Crippen LogP contribution in [0.2, 0.25) is 5.02 Å². The molecule has 0 unspecified atom stereocenters. The van der Waals surface area contributed by atoms with Crippen LogP contribution in [0.4, 0.5) is 5.82 Å². The van der Waals surface area contributed by atoms with Gasteiger partial charge in [0.15, 0.2) is 23.2 Å². The van der Waals surface area contributed by atoms with Crippen molar-refractivity contribution in [2.24, 2.45) is 0 Å². The van der Waals surface area contributed by atoms with Gasteiger partial charge >= 0.3 is 0 Å². The minimum absolute atomic E-state index is 0.177. The summed E-state index contributed by atoms with van der Waals surface area (Å²) in [6.07, 6.45) is -3.19. The van der Waals surface area contributed by atoms with Gasteiger partial charge in [-0.3, -0.25) is 4.57 Å². The van der Waals surface area contributed by atoms with E-state index in [1.807, 2.05) is 0 Å². The second kappa shape index (κ2) is 6.45. The highest BCUT2D eigenvalue weighted by Gasteiger charge is 2.45. The molecule has 0 spiro atoms. The molecule has 10 heteroatoms. The van der Waals surface area contributed by atoms with E-state index in [-0.39, 0.29) is 5.82 Å². The average Bonchev–Trinajstić information content (AvgIpc) is 3.15. The maximum Gasteiger partial charge on any atom is 0.168 e. The molecule has 26 heavy (non-hydrogen) atoms. The van der Waals surface area contributed by atoms with Gasteiger partial charge in [-0.25, -0.2) is 15.0 Å². The van der Waals surface area contributed by atoms with Crippen molar-refractivity contribution in [1.82, 2.24) is 19.5 Å². The fourth-order valence-corrected chi connectivity index (χ4v) is 3.19. The van der Waals surface area contributed by atoms with Gasteiger partial charge in [0.2, 0.25) is 0 Å². The highest BCUT2D eigenvalue weighted by molar-refractivity contribution is 6.30. The average molecular weight is 378 g/mol. The largest absolute Gasteiger partial charge is 0.394 e. The summed E-state index contributed by atoms with van der Waals surface area (Å²) in [5.74, 6) is 0.592. The van der Waals surface area contributed by atoms with E-state index < -0.39 is 31.1 Å². The molecule has 0 amide bonds. The summed E-state index contributed by atoms with van der Waals surface area (Å²) in [5, 5.41) is 30.5. The summed E-state index contributed by atoms with van der Waals surface area (Å²) in [4.78, 5) is 12.6. The summed E-state index contributed by atoms with van der Waals surface area (Å²) < 4.78 is 7.20. The first-order chi connectivity index (χ1) is 12.5. The van der Waals surface area contributed by atoms with E-state index in [9.17, 15) is 15.3 Å². The smallest absolute Gasteiger partial charge is 0.168 e. The van der Waals surface area contributed by atoms with Gasteiger partial charge < -0.3 is 25.8 Å². The molecule has 3 aromatic rings. The lowest BCUT2D eigenvalue weighted by molar-refractivity contribution is -0.0503. The second-order valence-corrected chi connectivity index (χ2v) is 6.41. The molecule has 0 radical (unpaired) electrons. The summed E-state index contributed by atoms with van der Waals surface area (Å²) in [6, 6.07) is 6.91. The Balaban J connectivity index is 1.93. The van der Waals surface area contributed by atoms with Crippen molar-refractivity contribution < 1.29 is 20.1 Å². The molecule has 4 atom stereocenters. The number of hydrogen-bond donors (Lipinski definition) is 4. The van der Waals surface area contributed by atoms with Crippen molar-refractivity contribution in [1.29, 1.82) is 0 Å². The van der Waals surface area contributed by atoms with E-state index in [2.05, 4.69) is 15.0 Å². The van der Waals surface area contributed by atoms with Crippen LogP contribution in [-0.4, -0.2) is 59.8 Å². The molecule has 1 aliphatic rings. The number of nitrogens with two attached hydrogens (primary N) is 1. The number of fused-ring (bicyclic) bond motifs is 1. The normalized spacial score (nSPS) is 25.8. The van der Waals surface area contributed by atoms with Gasteiger partial charge in [0, 0.05) is 10.6 Å². The predicted molar refractivity (Wildman–Crippen MR) is 93.2 cm³/mol. The molecule has 4 rings (SSSR count). The second-order valence-electron chi connectivity index (χ2n) is 5.97. The molecule has 1 fully saturated rings. The number of rotatable bonds is 3. The quantitative estimate of drug-likeness (QED) is 0.512. The zero-order valence-corrected chi connectivity index (χ0v) is 14.2. The van der Waals surface area contributed by atoms with Gasteiger partial charge in [-0.1, -0.05) is 11.6 Å². The summed E-state index contributed by atoms with van der Waals surface area (Å²) >= 11 is 5.96. The zero-order valence-electron chi connectivity index (χ0n) is 13.4. The number of aliphatic hydroxyl groups excluding tert-OH is 3. The molecular weight excluding hydrogens is 362 g/mol. The van der Waals surface area contributed by atoms with Crippen LogP contribution in [0.5, 0.6) is 0 Å². The van der Waals surface area contributed by atoms with Crippen molar-refractivity contribution in [3.63, 3.8) is 0 Å². The molecule has 0 aliphatic carbocycles. The van der Waals surface area contributed by atoms with E-state index in [1.165, 1.54) is 6.33 Å². The predicted octanol–water partition coefficient (Wildman–Crippen LogP) is 0.340. The standard InChI is InChI=1S/C16H16ClN5O4/c17-8-3-1-7(2-4-8)14-21-10-13(18)19-6-20-15(10)22(14)16-12(25)11(24)9(5-23)26-16/h1-4,6,9,11-12,16,23-25H,5H2,(H2,18,19,20)/t9-,11-,12-,16-/m1/s1. The number of halogens is 1. The Morgan fingerprint density at radius 3 is 2.54 bits per heavy atom. The number of ether oxygens (including phenoxy) is 1. The maximum atomic E-state index is 10.4. The maximum absolute atomic E-state index is 10.4. The Morgan fingerprint density at radius 2 is 1.88 bits per heavy atom. The number of anilines is 1. The van der Waals surface area contributed by atoms with Crippen LogP contribution in [0.25, 0.3) is 22.6 Å². The summed E-state index contributed by atoms with van der Waals surface area (Å²) in [6.45, 7) is -0.436. The minimum atomic E-state index is -1.29. The van der Waals surface area contributed by atoms with Crippen molar-refractivity contribution >= 4 is 28.6 Å². The lowest BCUT2D eigenvalue weighted by atomic mass is 10.1. The zero-order chi connectivity index (χ0) is 18.4. The van der Waals surface area contributed by atoms with Crippen LogP contribution >= 0.6 is 11.6 Å². The van der Waals surface area contributed by atoms with Crippen molar-refractivity contribution in [2.45, 2.75) is 24.5 Å². The van der Waals surface area contributed by atoms with E-state index in [4.69, 9.17) is 22.1 Å². The number of nitrogen functional groups attached to an aromatic ring is 1. The number of aromatic nitrogens is 4. The number of aliphatic hydroxyl groups is 3. The van der Waals surface area contributed by atoms with Crippen LogP contribution in [0.15, 0.2) is 30.6 Å².